The number of nitrogens with zero attached hydrogens (tertiary/aromatic N) is 2. The molecule has 0 fully saturated rings. The van der Waals surface area contributed by atoms with E-state index in [2.05, 4.69) is 9.97 Å². The predicted molar refractivity (Wildman–Crippen MR) is 65.9 cm³/mol. The van der Waals surface area contributed by atoms with Gasteiger partial charge in [-0.05, 0) is 11.6 Å². The SMILES string of the molecule is NC(=O)c1cnc(/C=C/c2ccccc2)cn1. The third-order valence-electron chi connectivity index (χ3n) is 2.17. The monoisotopic (exact) mass is 225 g/mol. The number of hydrogen-bond donors (Lipinski definition) is 1. The largest absolute Gasteiger partial charge is 0.364 e. The lowest BCUT2D eigenvalue weighted by atomic mass is 10.2. The molecule has 2 aromatic rings. The van der Waals surface area contributed by atoms with E-state index in [1.54, 1.807) is 0 Å². The van der Waals surface area contributed by atoms with Gasteiger partial charge in [0, 0.05) is 0 Å². The van der Waals surface area contributed by atoms with Gasteiger partial charge in [-0.25, -0.2) is 4.98 Å². The summed E-state index contributed by atoms with van der Waals surface area (Å²) in [7, 11) is 0. The molecule has 2 N–H and O–H groups in total. The Morgan fingerprint density at radius 1 is 1.06 bits per heavy atom. The fraction of sp³-hybridized carbons (Fsp3) is 0. The second-order valence-corrected chi connectivity index (χ2v) is 3.43. The zero-order valence-corrected chi connectivity index (χ0v) is 9.08. The zero-order chi connectivity index (χ0) is 12.1. The molecule has 0 unspecified atom stereocenters. The summed E-state index contributed by atoms with van der Waals surface area (Å²) >= 11 is 0. The third kappa shape index (κ3) is 2.98. The van der Waals surface area contributed by atoms with E-state index in [0.717, 1.165) is 5.56 Å². The molecule has 17 heavy (non-hydrogen) atoms. The van der Waals surface area contributed by atoms with Crippen LogP contribution in [0.3, 0.4) is 0 Å². The number of aromatic nitrogens is 2. The molecule has 84 valence electrons. The van der Waals surface area contributed by atoms with Crippen molar-refractivity contribution in [3.8, 4) is 0 Å². The summed E-state index contributed by atoms with van der Waals surface area (Å²) < 4.78 is 0. The Morgan fingerprint density at radius 3 is 2.41 bits per heavy atom. The van der Waals surface area contributed by atoms with Gasteiger partial charge in [0.15, 0.2) is 0 Å². The summed E-state index contributed by atoms with van der Waals surface area (Å²) in [6.07, 6.45) is 6.63. The molecule has 1 amide bonds. The van der Waals surface area contributed by atoms with Crippen molar-refractivity contribution in [3.05, 3.63) is 59.7 Å². The van der Waals surface area contributed by atoms with Gasteiger partial charge in [-0.3, -0.25) is 9.78 Å². The van der Waals surface area contributed by atoms with E-state index >= 15 is 0 Å². The van der Waals surface area contributed by atoms with Gasteiger partial charge in [0.25, 0.3) is 5.91 Å². The van der Waals surface area contributed by atoms with E-state index in [9.17, 15) is 4.79 Å². The molecule has 4 heteroatoms. The molecule has 1 aromatic carbocycles. The Labute approximate surface area is 98.8 Å². The smallest absolute Gasteiger partial charge is 0.268 e. The fourth-order valence-corrected chi connectivity index (χ4v) is 1.30. The molecule has 0 bridgehead atoms. The molecule has 4 nitrogen and oxygen atoms in total. The van der Waals surface area contributed by atoms with E-state index < -0.39 is 5.91 Å². The van der Waals surface area contributed by atoms with Crippen LogP contribution in [0.2, 0.25) is 0 Å². The van der Waals surface area contributed by atoms with Crippen molar-refractivity contribution in [1.29, 1.82) is 0 Å². The number of hydrogen-bond acceptors (Lipinski definition) is 3. The number of rotatable bonds is 3. The van der Waals surface area contributed by atoms with Crippen LogP contribution in [0.25, 0.3) is 12.2 Å². The number of benzene rings is 1. The fourth-order valence-electron chi connectivity index (χ4n) is 1.30. The second-order valence-electron chi connectivity index (χ2n) is 3.43. The van der Waals surface area contributed by atoms with Crippen molar-refractivity contribution >= 4 is 18.1 Å². The van der Waals surface area contributed by atoms with Crippen LogP contribution in [0.15, 0.2) is 42.7 Å². The highest BCUT2D eigenvalue weighted by atomic mass is 16.1. The van der Waals surface area contributed by atoms with E-state index in [1.807, 2.05) is 42.5 Å². The van der Waals surface area contributed by atoms with Crippen molar-refractivity contribution in [2.24, 2.45) is 5.73 Å². The first-order chi connectivity index (χ1) is 8.25. The highest BCUT2D eigenvalue weighted by Crippen LogP contribution is 2.05. The summed E-state index contributed by atoms with van der Waals surface area (Å²) in [5.41, 5.74) is 6.99. The molecule has 0 aliphatic rings. The molecule has 0 saturated heterocycles. The first-order valence-electron chi connectivity index (χ1n) is 5.11. The molecule has 1 aromatic heterocycles. The molecule has 0 radical (unpaired) electrons. The van der Waals surface area contributed by atoms with Crippen molar-refractivity contribution in [2.75, 3.05) is 0 Å². The topological polar surface area (TPSA) is 68.9 Å². The number of carbonyl (C=O) groups is 1. The van der Waals surface area contributed by atoms with Crippen molar-refractivity contribution in [2.45, 2.75) is 0 Å². The zero-order valence-electron chi connectivity index (χ0n) is 9.08. The molecule has 0 saturated carbocycles. The maximum Gasteiger partial charge on any atom is 0.268 e. The van der Waals surface area contributed by atoms with Crippen LogP contribution >= 0.6 is 0 Å². The van der Waals surface area contributed by atoms with Gasteiger partial charge in [-0.2, -0.15) is 0 Å². The number of carbonyl (C=O) groups excluding carboxylic acids is 1. The Kier molecular flexibility index (Phi) is 3.25. The second kappa shape index (κ2) is 5.03. The number of amides is 1. The van der Waals surface area contributed by atoms with Gasteiger partial charge in [0.1, 0.15) is 5.69 Å². The minimum atomic E-state index is -0.573. The lowest BCUT2D eigenvalue weighted by Crippen LogP contribution is -2.13. The number of nitrogens with two attached hydrogens (primary N) is 1. The van der Waals surface area contributed by atoms with Crippen molar-refractivity contribution in [3.63, 3.8) is 0 Å². The Morgan fingerprint density at radius 2 is 1.82 bits per heavy atom. The van der Waals surface area contributed by atoms with Crippen LogP contribution in [0, 0.1) is 0 Å². The van der Waals surface area contributed by atoms with Crippen LogP contribution in [0.4, 0.5) is 0 Å². The molecule has 0 aliphatic heterocycles. The summed E-state index contributed by atoms with van der Waals surface area (Å²) in [5, 5.41) is 0. The quantitative estimate of drug-likeness (QED) is 0.865. The minimum Gasteiger partial charge on any atom is -0.364 e. The van der Waals surface area contributed by atoms with Crippen LogP contribution in [0.1, 0.15) is 21.7 Å². The Hall–Kier alpha value is -2.49. The summed E-state index contributed by atoms with van der Waals surface area (Å²) in [6.45, 7) is 0. The summed E-state index contributed by atoms with van der Waals surface area (Å²) in [5.74, 6) is -0.573. The molecule has 0 atom stereocenters. The predicted octanol–water partition coefficient (Wildman–Crippen LogP) is 1.75. The summed E-state index contributed by atoms with van der Waals surface area (Å²) in [4.78, 5) is 18.8. The van der Waals surface area contributed by atoms with Crippen LogP contribution in [-0.2, 0) is 0 Å². The highest BCUT2D eigenvalue weighted by molar-refractivity contribution is 5.90. The highest BCUT2D eigenvalue weighted by Gasteiger charge is 2.00. The molecular weight excluding hydrogens is 214 g/mol. The van der Waals surface area contributed by atoms with Crippen molar-refractivity contribution in [1.82, 2.24) is 9.97 Å². The molecule has 1 heterocycles. The van der Waals surface area contributed by atoms with E-state index in [-0.39, 0.29) is 5.69 Å². The molecule has 0 aliphatic carbocycles. The first-order valence-corrected chi connectivity index (χ1v) is 5.11. The lowest BCUT2D eigenvalue weighted by molar-refractivity contribution is 0.0995. The van der Waals surface area contributed by atoms with E-state index in [1.165, 1.54) is 12.4 Å². The Balaban J connectivity index is 2.14. The lowest BCUT2D eigenvalue weighted by Gasteiger charge is -1.95. The maximum atomic E-state index is 10.8. The van der Waals surface area contributed by atoms with E-state index in [0.29, 0.717) is 5.69 Å². The Bertz CT molecular complexity index is 532. The van der Waals surface area contributed by atoms with Crippen LogP contribution in [-0.4, -0.2) is 15.9 Å². The average Bonchev–Trinajstić information content (AvgIpc) is 2.38. The van der Waals surface area contributed by atoms with E-state index in [4.69, 9.17) is 5.73 Å². The minimum absolute atomic E-state index is 0.168. The third-order valence-corrected chi connectivity index (χ3v) is 2.17. The first kappa shape index (κ1) is 11.0. The molecule has 0 spiro atoms. The van der Waals surface area contributed by atoms with Gasteiger partial charge in [0.05, 0.1) is 18.1 Å². The maximum absolute atomic E-state index is 10.8. The van der Waals surface area contributed by atoms with Crippen molar-refractivity contribution < 1.29 is 4.79 Å². The molecular formula is C13H11N3O. The molecule has 2 rings (SSSR count). The normalized spacial score (nSPS) is 10.6. The van der Waals surface area contributed by atoms with Gasteiger partial charge in [0.2, 0.25) is 0 Å². The van der Waals surface area contributed by atoms with Gasteiger partial charge in [-0.15, -0.1) is 0 Å². The average molecular weight is 225 g/mol. The standard InChI is InChI=1S/C13H11N3O/c14-13(17)12-9-15-11(8-16-12)7-6-10-4-2-1-3-5-10/h1-9H,(H2,14,17)/b7-6+. The van der Waals surface area contributed by atoms with Crippen LogP contribution in [0.5, 0.6) is 0 Å². The number of primary amides is 1. The van der Waals surface area contributed by atoms with Crippen LogP contribution < -0.4 is 5.73 Å². The van der Waals surface area contributed by atoms with Gasteiger partial charge >= 0.3 is 0 Å². The van der Waals surface area contributed by atoms with Gasteiger partial charge < -0.3 is 5.73 Å². The van der Waals surface area contributed by atoms with Gasteiger partial charge in [-0.1, -0.05) is 36.4 Å². The summed E-state index contributed by atoms with van der Waals surface area (Å²) in [6, 6.07) is 9.85.